The van der Waals surface area contributed by atoms with Crippen LogP contribution >= 0.6 is 0 Å². The van der Waals surface area contributed by atoms with Gasteiger partial charge in [0.05, 0.1) is 6.54 Å². The van der Waals surface area contributed by atoms with Crippen molar-refractivity contribution in [3.63, 3.8) is 0 Å². The lowest BCUT2D eigenvalue weighted by molar-refractivity contribution is -0.132. The van der Waals surface area contributed by atoms with Crippen molar-refractivity contribution in [1.82, 2.24) is 9.80 Å². The first-order valence-electron chi connectivity index (χ1n) is 11.6. The van der Waals surface area contributed by atoms with Gasteiger partial charge in [-0.25, -0.2) is 0 Å². The Morgan fingerprint density at radius 1 is 1.09 bits per heavy atom. The van der Waals surface area contributed by atoms with Crippen LogP contribution < -0.4 is 4.74 Å². The fourth-order valence-electron chi connectivity index (χ4n) is 5.29. The van der Waals surface area contributed by atoms with Gasteiger partial charge in [-0.3, -0.25) is 9.59 Å². The first kappa shape index (κ1) is 21.6. The molecule has 6 nitrogen and oxygen atoms in total. The predicted molar refractivity (Wildman–Crippen MR) is 126 cm³/mol. The largest absolute Gasteiger partial charge is 0.485 e. The van der Waals surface area contributed by atoms with Crippen LogP contribution in [0.2, 0.25) is 0 Å². The van der Waals surface area contributed by atoms with Gasteiger partial charge in [-0.1, -0.05) is 18.2 Å². The minimum atomic E-state index is -0.411. The lowest BCUT2D eigenvalue weighted by atomic mass is 9.81. The van der Waals surface area contributed by atoms with Crippen molar-refractivity contribution in [3.8, 4) is 5.75 Å². The monoisotopic (exact) mass is 446 g/mol. The van der Waals surface area contributed by atoms with Gasteiger partial charge in [-0.05, 0) is 62.9 Å². The van der Waals surface area contributed by atoms with Crippen LogP contribution in [0.25, 0.3) is 11.0 Å². The lowest BCUT2D eigenvalue weighted by Gasteiger charge is -2.43. The maximum absolute atomic E-state index is 13.2. The maximum atomic E-state index is 13.2. The van der Waals surface area contributed by atoms with Gasteiger partial charge in [0.25, 0.3) is 5.91 Å². The highest BCUT2D eigenvalue weighted by Gasteiger charge is 2.43. The predicted octanol–water partition coefficient (Wildman–Crippen LogP) is 4.94. The first-order chi connectivity index (χ1) is 15.8. The second-order valence-corrected chi connectivity index (χ2v) is 9.52. The molecule has 1 fully saturated rings. The Labute approximate surface area is 194 Å². The summed E-state index contributed by atoms with van der Waals surface area (Å²) < 4.78 is 12.2. The Kier molecular flexibility index (Phi) is 5.39. The Morgan fingerprint density at radius 3 is 2.61 bits per heavy atom. The minimum Gasteiger partial charge on any atom is -0.485 e. The zero-order valence-corrected chi connectivity index (χ0v) is 19.5. The maximum Gasteiger partial charge on any atom is 0.253 e. The number of carbonyl (C=O) groups excluding carboxylic acids is 2. The highest BCUT2D eigenvalue weighted by Crippen LogP contribution is 2.39. The summed E-state index contributed by atoms with van der Waals surface area (Å²) in [5, 5.41) is 0.948. The summed E-state index contributed by atoms with van der Waals surface area (Å²) in [5.41, 5.74) is 2.11. The zero-order valence-electron chi connectivity index (χ0n) is 19.5. The highest BCUT2D eigenvalue weighted by atomic mass is 16.5. The smallest absolute Gasteiger partial charge is 0.253 e. The van der Waals surface area contributed by atoms with Gasteiger partial charge in [0.1, 0.15) is 22.7 Å². The molecule has 172 valence electrons. The number of amides is 2. The van der Waals surface area contributed by atoms with Crippen molar-refractivity contribution >= 4 is 22.8 Å². The van der Waals surface area contributed by atoms with E-state index in [1.54, 1.807) is 6.92 Å². The summed E-state index contributed by atoms with van der Waals surface area (Å²) >= 11 is 0. The molecule has 2 heterocycles. The Morgan fingerprint density at radius 2 is 1.85 bits per heavy atom. The first-order valence-corrected chi connectivity index (χ1v) is 11.6. The number of benzene rings is 2. The van der Waals surface area contributed by atoms with Crippen molar-refractivity contribution < 1.29 is 18.7 Å². The van der Waals surface area contributed by atoms with Gasteiger partial charge >= 0.3 is 0 Å². The topological polar surface area (TPSA) is 63.0 Å². The second-order valence-electron chi connectivity index (χ2n) is 9.52. The SMILES string of the molecule is CC(=O)N1Cc2ccccc2OC2(CCC(N(C)C(=O)c3ccc4oc(C)cc4c3)CC2)C1. The van der Waals surface area contributed by atoms with E-state index in [1.165, 1.54) is 0 Å². The van der Waals surface area contributed by atoms with Crippen molar-refractivity contribution in [1.29, 1.82) is 0 Å². The van der Waals surface area contributed by atoms with E-state index in [-0.39, 0.29) is 17.9 Å². The molecule has 2 aromatic carbocycles. The van der Waals surface area contributed by atoms with Gasteiger partial charge in [0.2, 0.25) is 5.91 Å². The van der Waals surface area contributed by atoms with E-state index in [0.717, 1.165) is 53.7 Å². The van der Waals surface area contributed by atoms with E-state index < -0.39 is 5.60 Å². The van der Waals surface area contributed by atoms with Crippen LogP contribution in [-0.4, -0.2) is 46.8 Å². The van der Waals surface area contributed by atoms with Crippen LogP contribution in [0, 0.1) is 6.92 Å². The van der Waals surface area contributed by atoms with Gasteiger partial charge in [0, 0.05) is 43.1 Å². The number of aryl methyl sites for hydroxylation is 1. The van der Waals surface area contributed by atoms with Crippen molar-refractivity contribution in [2.75, 3.05) is 13.6 Å². The molecule has 1 aliphatic heterocycles. The summed E-state index contributed by atoms with van der Waals surface area (Å²) in [4.78, 5) is 29.3. The summed E-state index contributed by atoms with van der Waals surface area (Å²) in [5.74, 6) is 1.79. The molecule has 0 bridgehead atoms. The molecule has 2 amide bonds. The molecule has 5 rings (SSSR count). The molecule has 3 aromatic rings. The van der Waals surface area contributed by atoms with Crippen LogP contribution in [0.3, 0.4) is 0 Å². The average Bonchev–Trinajstić information content (AvgIpc) is 3.09. The minimum absolute atomic E-state index is 0.0224. The Bertz CT molecular complexity index is 1210. The van der Waals surface area contributed by atoms with E-state index >= 15 is 0 Å². The molecule has 6 heteroatoms. The number of hydrogen-bond acceptors (Lipinski definition) is 4. The van der Waals surface area contributed by atoms with E-state index in [2.05, 4.69) is 0 Å². The number of furan rings is 1. The number of rotatable bonds is 2. The third-order valence-electron chi connectivity index (χ3n) is 7.21. The van der Waals surface area contributed by atoms with Crippen LogP contribution in [-0.2, 0) is 11.3 Å². The quantitative estimate of drug-likeness (QED) is 0.560. The fraction of sp³-hybridized carbons (Fsp3) is 0.407. The average molecular weight is 447 g/mol. The molecule has 0 unspecified atom stereocenters. The van der Waals surface area contributed by atoms with Gasteiger partial charge in [-0.15, -0.1) is 0 Å². The number of para-hydroxylation sites is 1. The second kappa shape index (κ2) is 8.25. The number of ether oxygens (including phenoxy) is 1. The van der Waals surface area contributed by atoms with Crippen LogP contribution in [0.4, 0.5) is 0 Å². The third-order valence-corrected chi connectivity index (χ3v) is 7.21. The summed E-state index contributed by atoms with van der Waals surface area (Å²) in [6.45, 7) is 4.69. The third kappa shape index (κ3) is 4.10. The molecule has 0 N–H and O–H groups in total. The van der Waals surface area contributed by atoms with E-state index in [0.29, 0.717) is 18.7 Å². The van der Waals surface area contributed by atoms with Crippen LogP contribution in [0.1, 0.15) is 54.3 Å². The molecule has 1 aromatic heterocycles. The van der Waals surface area contributed by atoms with Gasteiger partial charge in [-0.2, -0.15) is 0 Å². The molecule has 1 spiro atoms. The van der Waals surface area contributed by atoms with E-state index in [1.807, 2.05) is 72.3 Å². The van der Waals surface area contributed by atoms with Gasteiger partial charge < -0.3 is 19.0 Å². The van der Waals surface area contributed by atoms with E-state index in [4.69, 9.17) is 9.15 Å². The summed E-state index contributed by atoms with van der Waals surface area (Å²) in [6, 6.07) is 15.7. The van der Waals surface area contributed by atoms with Crippen molar-refractivity contribution in [2.45, 2.75) is 57.7 Å². The Balaban J connectivity index is 1.32. The van der Waals surface area contributed by atoms with Crippen molar-refractivity contribution in [2.24, 2.45) is 0 Å². The molecular formula is C27H30N2O4. The molecule has 33 heavy (non-hydrogen) atoms. The molecule has 0 saturated heterocycles. The number of fused-ring (bicyclic) bond motifs is 2. The zero-order chi connectivity index (χ0) is 23.2. The standard InChI is InChI=1S/C27H30N2O4/c1-18-14-22-15-20(8-9-24(22)32-18)26(31)28(3)23-10-12-27(13-11-23)17-29(19(2)30)16-21-6-4-5-7-25(21)33-27/h4-9,14-15,23H,10-13,16-17H2,1-3H3. The van der Waals surface area contributed by atoms with Crippen molar-refractivity contribution in [3.05, 3.63) is 65.4 Å². The van der Waals surface area contributed by atoms with E-state index in [9.17, 15) is 9.59 Å². The summed E-state index contributed by atoms with van der Waals surface area (Å²) in [6.07, 6.45) is 3.27. The molecule has 0 atom stereocenters. The number of nitrogens with zero attached hydrogens (tertiary/aromatic N) is 2. The summed E-state index contributed by atoms with van der Waals surface area (Å²) in [7, 11) is 1.89. The fourth-order valence-corrected chi connectivity index (χ4v) is 5.29. The molecular weight excluding hydrogens is 416 g/mol. The molecule has 2 aliphatic rings. The number of carbonyl (C=O) groups is 2. The Hall–Kier alpha value is -3.28. The van der Waals surface area contributed by atoms with Crippen LogP contribution in [0.15, 0.2) is 52.9 Å². The van der Waals surface area contributed by atoms with Crippen LogP contribution in [0.5, 0.6) is 5.75 Å². The molecule has 0 radical (unpaired) electrons. The lowest BCUT2D eigenvalue weighted by Crippen LogP contribution is -2.52. The molecule has 1 saturated carbocycles. The highest BCUT2D eigenvalue weighted by molar-refractivity contribution is 5.97. The van der Waals surface area contributed by atoms with Gasteiger partial charge in [0.15, 0.2) is 0 Å². The normalized spacial score (nSPS) is 22.5. The molecule has 1 aliphatic carbocycles. The number of hydrogen-bond donors (Lipinski definition) is 0.